The number of aromatic nitrogens is 4. The molecule has 0 spiro atoms. The highest BCUT2D eigenvalue weighted by molar-refractivity contribution is 7.10. The predicted octanol–water partition coefficient (Wildman–Crippen LogP) is 2.57. The Bertz CT molecular complexity index is 1180. The number of nitrogens with zero attached hydrogens (tertiary/aromatic N) is 6. The van der Waals surface area contributed by atoms with Crippen molar-refractivity contribution in [3.05, 3.63) is 70.8 Å². The van der Waals surface area contributed by atoms with E-state index in [-0.39, 0.29) is 5.91 Å². The van der Waals surface area contributed by atoms with Gasteiger partial charge in [0.1, 0.15) is 12.1 Å². The van der Waals surface area contributed by atoms with E-state index in [9.17, 15) is 4.79 Å². The molecule has 0 bridgehead atoms. The molecule has 9 heteroatoms. The minimum absolute atomic E-state index is 0.0256. The summed E-state index contributed by atoms with van der Waals surface area (Å²) in [6.45, 7) is 5.88. The fourth-order valence-electron chi connectivity index (χ4n) is 4.19. The second-order valence-electron chi connectivity index (χ2n) is 8.16. The normalized spacial score (nSPS) is 14.6. The van der Waals surface area contributed by atoms with Gasteiger partial charge in [-0.05, 0) is 17.0 Å². The van der Waals surface area contributed by atoms with Gasteiger partial charge in [-0.3, -0.25) is 9.69 Å². The molecule has 0 unspecified atom stereocenters. The Labute approximate surface area is 196 Å². The summed E-state index contributed by atoms with van der Waals surface area (Å²) in [4.78, 5) is 27.0. The predicted molar refractivity (Wildman–Crippen MR) is 130 cm³/mol. The van der Waals surface area contributed by atoms with Gasteiger partial charge in [0, 0.05) is 44.1 Å². The molecule has 1 aromatic carbocycles. The van der Waals surface area contributed by atoms with Gasteiger partial charge in [0.2, 0.25) is 5.91 Å². The van der Waals surface area contributed by atoms with Gasteiger partial charge in [-0.1, -0.05) is 36.4 Å². The highest BCUT2D eigenvalue weighted by Gasteiger charge is 2.21. The molecule has 0 atom stereocenters. The van der Waals surface area contributed by atoms with Gasteiger partial charge >= 0.3 is 0 Å². The van der Waals surface area contributed by atoms with Crippen LogP contribution in [0.4, 0.5) is 5.82 Å². The molecule has 1 fully saturated rings. The van der Waals surface area contributed by atoms with Gasteiger partial charge in [0.15, 0.2) is 5.65 Å². The van der Waals surface area contributed by atoms with E-state index >= 15 is 0 Å². The van der Waals surface area contributed by atoms with E-state index in [1.54, 1.807) is 17.7 Å². The van der Waals surface area contributed by atoms with E-state index in [0.717, 1.165) is 54.5 Å². The number of rotatable bonds is 8. The van der Waals surface area contributed by atoms with Gasteiger partial charge in [-0.15, -0.1) is 11.3 Å². The first-order valence-electron chi connectivity index (χ1n) is 11.2. The van der Waals surface area contributed by atoms with Crippen LogP contribution in [0.5, 0.6) is 0 Å². The molecule has 5 rings (SSSR count). The molecule has 4 aromatic rings. The van der Waals surface area contributed by atoms with Crippen LogP contribution in [0.1, 0.15) is 10.4 Å². The van der Waals surface area contributed by atoms with Crippen LogP contribution in [-0.4, -0.2) is 63.3 Å². The molecule has 8 nitrogen and oxygen atoms in total. The molecular weight excluding hydrogens is 434 g/mol. The third-order valence-electron chi connectivity index (χ3n) is 5.89. The Balaban J connectivity index is 1.18. The molecule has 0 aliphatic carbocycles. The monoisotopic (exact) mass is 461 g/mol. The number of carbonyl (C=O) groups is 1. The standard InChI is InChI=1S/C24H27N7OS/c32-22(15-20-7-4-14-33-20)25-8-9-31-24-21(16-28-31)23(26-18-27-24)30-12-10-29(11-13-30)17-19-5-2-1-3-6-19/h1-7,14,16,18H,8-13,15,17H2,(H,25,32). The largest absolute Gasteiger partial charge is 0.354 e. The Kier molecular flexibility index (Phi) is 6.59. The van der Waals surface area contributed by atoms with Crippen LogP contribution in [0, 0.1) is 0 Å². The number of nitrogens with one attached hydrogen (secondary N) is 1. The van der Waals surface area contributed by atoms with Crippen molar-refractivity contribution in [2.75, 3.05) is 37.6 Å². The van der Waals surface area contributed by atoms with Gasteiger partial charge in [0.25, 0.3) is 0 Å². The van der Waals surface area contributed by atoms with Crippen molar-refractivity contribution in [1.29, 1.82) is 0 Å². The maximum absolute atomic E-state index is 12.1. The highest BCUT2D eigenvalue weighted by Crippen LogP contribution is 2.24. The van der Waals surface area contributed by atoms with E-state index in [0.29, 0.717) is 19.5 Å². The first-order valence-corrected chi connectivity index (χ1v) is 12.1. The third kappa shape index (κ3) is 5.20. The zero-order chi connectivity index (χ0) is 22.5. The van der Waals surface area contributed by atoms with Crippen LogP contribution in [-0.2, 0) is 24.3 Å². The summed E-state index contributed by atoms with van der Waals surface area (Å²) >= 11 is 1.60. The average molecular weight is 462 g/mol. The van der Waals surface area contributed by atoms with Crippen molar-refractivity contribution in [3.8, 4) is 0 Å². The molecule has 1 aliphatic rings. The van der Waals surface area contributed by atoms with Crippen LogP contribution < -0.4 is 10.2 Å². The molecule has 3 aromatic heterocycles. The maximum atomic E-state index is 12.1. The van der Waals surface area contributed by atoms with Gasteiger partial charge in [0.05, 0.1) is 24.5 Å². The number of benzene rings is 1. The number of thiophene rings is 1. The van der Waals surface area contributed by atoms with Crippen molar-refractivity contribution in [2.45, 2.75) is 19.5 Å². The van der Waals surface area contributed by atoms with Crippen LogP contribution in [0.25, 0.3) is 11.0 Å². The van der Waals surface area contributed by atoms with Crippen molar-refractivity contribution >= 4 is 34.1 Å². The van der Waals surface area contributed by atoms with E-state index in [2.05, 4.69) is 60.5 Å². The number of fused-ring (bicyclic) bond motifs is 1. The van der Waals surface area contributed by atoms with Gasteiger partial charge in [-0.25, -0.2) is 14.6 Å². The topological polar surface area (TPSA) is 79.2 Å². The van der Waals surface area contributed by atoms with Gasteiger partial charge < -0.3 is 10.2 Å². The highest BCUT2D eigenvalue weighted by atomic mass is 32.1. The van der Waals surface area contributed by atoms with Crippen LogP contribution in [0.15, 0.2) is 60.4 Å². The minimum atomic E-state index is 0.0256. The summed E-state index contributed by atoms with van der Waals surface area (Å²) in [6, 6.07) is 14.5. The molecule has 1 amide bonds. The second kappa shape index (κ2) is 10.1. The summed E-state index contributed by atoms with van der Waals surface area (Å²) in [5.41, 5.74) is 2.15. The van der Waals surface area contributed by atoms with E-state index in [1.807, 2.05) is 28.4 Å². The summed E-state index contributed by atoms with van der Waals surface area (Å²) in [5.74, 6) is 0.963. The van der Waals surface area contributed by atoms with Crippen molar-refractivity contribution in [3.63, 3.8) is 0 Å². The molecule has 1 N–H and O–H groups in total. The number of amides is 1. The number of piperazine rings is 1. The minimum Gasteiger partial charge on any atom is -0.354 e. The Hall–Kier alpha value is -3.30. The lowest BCUT2D eigenvalue weighted by molar-refractivity contribution is -0.120. The summed E-state index contributed by atoms with van der Waals surface area (Å²) in [7, 11) is 0. The zero-order valence-electron chi connectivity index (χ0n) is 18.4. The molecule has 1 saturated heterocycles. The quantitative estimate of drug-likeness (QED) is 0.435. The summed E-state index contributed by atoms with van der Waals surface area (Å²) in [6.07, 6.45) is 3.87. The zero-order valence-corrected chi connectivity index (χ0v) is 19.2. The second-order valence-corrected chi connectivity index (χ2v) is 9.19. The molecule has 4 heterocycles. The molecular formula is C24H27N7OS. The average Bonchev–Trinajstić information content (AvgIpc) is 3.50. The number of carbonyl (C=O) groups excluding carboxylic acids is 1. The lowest BCUT2D eigenvalue weighted by Gasteiger charge is -2.35. The Morgan fingerprint density at radius 1 is 1.03 bits per heavy atom. The van der Waals surface area contributed by atoms with Gasteiger partial charge in [-0.2, -0.15) is 5.10 Å². The fraction of sp³-hybridized carbons (Fsp3) is 0.333. The van der Waals surface area contributed by atoms with E-state index in [1.165, 1.54) is 5.56 Å². The molecule has 33 heavy (non-hydrogen) atoms. The SMILES string of the molecule is O=C(Cc1cccs1)NCCn1ncc2c(N3CCN(Cc4ccccc4)CC3)ncnc21. The third-order valence-corrected chi connectivity index (χ3v) is 6.77. The van der Waals surface area contributed by atoms with E-state index < -0.39 is 0 Å². The van der Waals surface area contributed by atoms with Crippen molar-refractivity contribution in [1.82, 2.24) is 30.0 Å². The van der Waals surface area contributed by atoms with Crippen LogP contribution >= 0.6 is 11.3 Å². The summed E-state index contributed by atoms with van der Waals surface area (Å²) < 4.78 is 1.84. The number of hydrogen-bond donors (Lipinski definition) is 1. The first kappa shape index (κ1) is 21.5. The molecule has 170 valence electrons. The Morgan fingerprint density at radius 2 is 1.88 bits per heavy atom. The smallest absolute Gasteiger partial charge is 0.225 e. The molecule has 0 radical (unpaired) electrons. The number of hydrogen-bond acceptors (Lipinski definition) is 7. The molecule has 0 saturated carbocycles. The molecule has 1 aliphatic heterocycles. The number of anilines is 1. The lowest BCUT2D eigenvalue weighted by Crippen LogP contribution is -2.46. The van der Waals surface area contributed by atoms with Crippen molar-refractivity contribution < 1.29 is 4.79 Å². The first-order chi connectivity index (χ1) is 16.3. The Morgan fingerprint density at radius 3 is 2.67 bits per heavy atom. The summed E-state index contributed by atoms with van der Waals surface area (Å²) in [5, 5.41) is 10.4. The van der Waals surface area contributed by atoms with Crippen LogP contribution in [0.2, 0.25) is 0 Å². The maximum Gasteiger partial charge on any atom is 0.225 e. The van der Waals surface area contributed by atoms with Crippen molar-refractivity contribution in [2.24, 2.45) is 0 Å². The van der Waals surface area contributed by atoms with Crippen LogP contribution in [0.3, 0.4) is 0 Å². The fourth-order valence-corrected chi connectivity index (χ4v) is 4.89. The van der Waals surface area contributed by atoms with E-state index in [4.69, 9.17) is 0 Å². The lowest BCUT2D eigenvalue weighted by atomic mass is 10.2.